The number of aliphatic hydroxyl groups is 1. The average molecular weight is 428 g/mol. The average Bonchev–Trinajstić information content (AvgIpc) is 2.82. The second-order valence-corrected chi connectivity index (χ2v) is 7.24. The monoisotopic (exact) mass is 428 g/mol. The van der Waals surface area contributed by atoms with Gasteiger partial charge in [0, 0.05) is 23.6 Å². The first-order valence-corrected chi connectivity index (χ1v) is 10.1. The molecule has 0 heterocycles. The molecule has 3 N–H and O–H groups in total. The largest absolute Gasteiger partial charge is 0.507 e. The first-order valence-electron chi connectivity index (χ1n) is 10.1. The summed E-state index contributed by atoms with van der Waals surface area (Å²) in [4.78, 5) is 4.63. The fourth-order valence-corrected chi connectivity index (χ4v) is 3.36. The summed E-state index contributed by atoms with van der Waals surface area (Å²) in [5.74, 6) is 1.40. The molecular weight excluding hydrogens is 404 g/mol. The number of aliphatic hydroxyl groups excluding tert-OH is 1. The van der Waals surface area contributed by atoms with Gasteiger partial charge in [-0.2, -0.15) is 0 Å². The van der Waals surface area contributed by atoms with Crippen molar-refractivity contribution < 1.29 is 19.7 Å². The van der Waals surface area contributed by atoms with Crippen molar-refractivity contribution in [3.05, 3.63) is 95.9 Å². The Bertz CT molecular complexity index is 1260. The maximum atomic E-state index is 10.3. The van der Waals surface area contributed by atoms with E-state index in [0.717, 1.165) is 16.5 Å². The molecule has 0 bridgehead atoms. The molecule has 162 valence electrons. The number of rotatable bonds is 6. The molecule has 0 aromatic heterocycles. The van der Waals surface area contributed by atoms with E-state index in [1.54, 1.807) is 63.1 Å². The van der Waals surface area contributed by atoms with E-state index in [1.807, 2.05) is 36.4 Å². The van der Waals surface area contributed by atoms with Crippen molar-refractivity contribution in [1.29, 1.82) is 0 Å². The minimum absolute atomic E-state index is 0.112. The maximum Gasteiger partial charge on any atom is 0.124 e. The number of ether oxygens (including phenoxy) is 2. The van der Waals surface area contributed by atoms with E-state index < -0.39 is 6.10 Å². The van der Waals surface area contributed by atoms with Gasteiger partial charge in [-0.25, -0.2) is 0 Å². The number of hydrogen-bond acceptors (Lipinski definition) is 6. The number of allylic oxidation sites excluding steroid dienone is 1. The molecule has 3 aromatic carbocycles. The number of hydrogen-bond donors (Lipinski definition) is 3. The van der Waals surface area contributed by atoms with Crippen molar-refractivity contribution in [2.24, 2.45) is 4.99 Å². The second kappa shape index (κ2) is 9.41. The topological polar surface area (TPSA) is 83.3 Å². The molecule has 1 aliphatic rings. The molecule has 6 heteroatoms. The van der Waals surface area contributed by atoms with Crippen LogP contribution in [-0.2, 0) is 4.74 Å². The maximum absolute atomic E-state index is 10.3. The van der Waals surface area contributed by atoms with Gasteiger partial charge in [0.25, 0.3) is 0 Å². The van der Waals surface area contributed by atoms with E-state index in [-0.39, 0.29) is 5.75 Å². The smallest absolute Gasteiger partial charge is 0.124 e. The molecule has 0 radical (unpaired) electrons. The number of nitrogens with zero attached hydrogens (tertiary/aromatic N) is 1. The fraction of sp³-hybridized carbons (Fsp3) is 0.115. The third kappa shape index (κ3) is 4.66. The number of benzene rings is 3. The summed E-state index contributed by atoms with van der Waals surface area (Å²) < 4.78 is 10.5. The van der Waals surface area contributed by atoms with E-state index in [0.29, 0.717) is 28.3 Å². The van der Waals surface area contributed by atoms with Crippen molar-refractivity contribution >= 4 is 28.4 Å². The van der Waals surface area contributed by atoms with Gasteiger partial charge in [-0.1, -0.05) is 24.3 Å². The lowest BCUT2D eigenvalue weighted by atomic mass is 10.0. The quantitative estimate of drug-likeness (QED) is 0.478. The number of methoxy groups -OCH3 is 2. The van der Waals surface area contributed by atoms with Gasteiger partial charge in [0.1, 0.15) is 17.3 Å². The SMILES string of the molecule is COC1=C/C(=C/Nc2cc3ccccc3cc2N=Cc2cc(OC)ccc2O)C(O)C=C1. The Morgan fingerprint density at radius 1 is 1.00 bits per heavy atom. The van der Waals surface area contributed by atoms with E-state index in [4.69, 9.17) is 9.47 Å². The van der Waals surface area contributed by atoms with Crippen LogP contribution in [0.2, 0.25) is 0 Å². The summed E-state index contributed by atoms with van der Waals surface area (Å²) in [6.45, 7) is 0. The van der Waals surface area contributed by atoms with Crippen LogP contribution in [0.5, 0.6) is 11.5 Å². The van der Waals surface area contributed by atoms with Crippen molar-refractivity contribution in [1.82, 2.24) is 0 Å². The Hall–Kier alpha value is -4.03. The zero-order valence-corrected chi connectivity index (χ0v) is 17.8. The zero-order chi connectivity index (χ0) is 22.5. The number of phenols is 1. The van der Waals surface area contributed by atoms with Gasteiger partial charge < -0.3 is 25.0 Å². The molecule has 0 aliphatic heterocycles. The van der Waals surface area contributed by atoms with Crippen molar-refractivity contribution in [2.75, 3.05) is 19.5 Å². The summed E-state index contributed by atoms with van der Waals surface area (Å²) in [5.41, 5.74) is 2.64. The summed E-state index contributed by atoms with van der Waals surface area (Å²) in [6, 6.07) is 16.9. The lowest BCUT2D eigenvalue weighted by Gasteiger charge is -2.15. The van der Waals surface area contributed by atoms with E-state index in [2.05, 4.69) is 10.3 Å². The van der Waals surface area contributed by atoms with Gasteiger partial charge in [-0.15, -0.1) is 0 Å². The first-order chi connectivity index (χ1) is 15.6. The summed E-state index contributed by atoms with van der Waals surface area (Å²) in [5, 5.41) is 25.8. The predicted octanol–water partition coefficient (Wildman–Crippen LogP) is 5.06. The van der Waals surface area contributed by atoms with Crippen LogP contribution in [0.3, 0.4) is 0 Å². The molecule has 1 aliphatic carbocycles. The molecule has 32 heavy (non-hydrogen) atoms. The minimum atomic E-state index is -0.734. The Morgan fingerprint density at radius 2 is 1.78 bits per heavy atom. The minimum Gasteiger partial charge on any atom is -0.507 e. The summed E-state index contributed by atoms with van der Waals surface area (Å²) in [7, 11) is 3.16. The van der Waals surface area contributed by atoms with Crippen LogP contribution in [0, 0.1) is 0 Å². The van der Waals surface area contributed by atoms with Crippen LogP contribution in [0.15, 0.2) is 95.3 Å². The molecule has 0 saturated heterocycles. The molecule has 1 unspecified atom stereocenters. The van der Waals surface area contributed by atoms with Crippen molar-refractivity contribution in [2.45, 2.75) is 6.10 Å². The number of aliphatic imine (C=N–C) groups is 1. The standard InChI is InChI=1S/C26H24N2O4/c1-31-21-7-9-25(29)19(11-21)15-27-23-13-17-5-3-4-6-18(17)14-24(23)28-16-20-12-22(32-2)8-10-26(20)30/h3-16,25,27,29-30H,1-2H3/b19-15-,28-16?. The second-order valence-electron chi connectivity index (χ2n) is 7.24. The zero-order valence-electron chi connectivity index (χ0n) is 17.8. The van der Waals surface area contributed by atoms with Gasteiger partial charge in [-0.3, -0.25) is 4.99 Å². The first kappa shape index (κ1) is 21.2. The number of aromatic hydroxyl groups is 1. The molecule has 1 atom stereocenters. The number of anilines is 1. The number of nitrogens with one attached hydrogen (secondary N) is 1. The van der Waals surface area contributed by atoms with Gasteiger partial charge >= 0.3 is 0 Å². The highest BCUT2D eigenvalue weighted by molar-refractivity contribution is 5.94. The Kier molecular flexibility index (Phi) is 6.24. The molecule has 0 saturated carbocycles. The Morgan fingerprint density at radius 3 is 2.53 bits per heavy atom. The fourth-order valence-electron chi connectivity index (χ4n) is 3.36. The third-order valence-electron chi connectivity index (χ3n) is 5.16. The lowest BCUT2D eigenvalue weighted by molar-refractivity contribution is 0.253. The van der Waals surface area contributed by atoms with Gasteiger partial charge in [0.2, 0.25) is 0 Å². The highest BCUT2D eigenvalue weighted by atomic mass is 16.5. The normalized spacial score (nSPS) is 17.0. The summed E-state index contributed by atoms with van der Waals surface area (Å²) >= 11 is 0. The van der Waals surface area contributed by atoms with E-state index >= 15 is 0 Å². The van der Waals surface area contributed by atoms with Gasteiger partial charge in [0.15, 0.2) is 0 Å². The van der Waals surface area contributed by atoms with Crippen LogP contribution in [0.4, 0.5) is 11.4 Å². The highest BCUT2D eigenvalue weighted by Gasteiger charge is 2.12. The number of fused-ring (bicyclic) bond motifs is 1. The molecule has 0 spiro atoms. The van der Waals surface area contributed by atoms with Crippen molar-refractivity contribution in [3.63, 3.8) is 0 Å². The molecule has 3 aromatic rings. The van der Waals surface area contributed by atoms with Crippen LogP contribution in [0.1, 0.15) is 5.56 Å². The van der Waals surface area contributed by atoms with E-state index in [9.17, 15) is 10.2 Å². The lowest BCUT2D eigenvalue weighted by Crippen LogP contribution is -2.11. The van der Waals surface area contributed by atoms with Crippen LogP contribution in [0.25, 0.3) is 10.8 Å². The molecular formula is C26H24N2O4. The van der Waals surface area contributed by atoms with Gasteiger partial charge in [-0.05, 0) is 59.3 Å². The predicted molar refractivity (Wildman–Crippen MR) is 128 cm³/mol. The highest BCUT2D eigenvalue weighted by Crippen LogP contribution is 2.32. The van der Waals surface area contributed by atoms with Crippen LogP contribution in [-0.4, -0.2) is 36.8 Å². The molecule has 0 amide bonds. The molecule has 0 fully saturated rings. The third-order valence-corrected chi connectivity index (χ3v) is 5.16. The number of phenolic OH excluding ortho intramolecular Hbond substituents is 1. The summed E-state index contributed by atoms with van der Waals surface area (Å²) in [6.07, 6.45) is 7.77. The molecule has 6 nitrogen and oxygen atoms in total. The van der Waals surface area contributed by atoms with Crippen LogP contribution >= 0.6 is 0 Å². The van der Waals surface area contributed by atoms with Gasteiger partial charge in [0.05, 0.1) is 31.7 Å². The Balaban J connectivity index is 1.72. The molecule has 4 rings (SSSR count). The van der Waals surface area contributed by atoms with E-state index in [1.165, 1.54) is 0 Å². The Labute approximate surface area is 186 Å². The van der Waals surface area contributed by atoms with Crippen LogP contribution < -0.4 is 10.1 Å². The van der Waals surface area contributed by atoms with Crippen molar-refractivity contribution in [3.8, 4) is 11.5 Å².